The Morgan fingerprint density at radius 3 is 2.10 bits per heavy atom. The highest BCUT2D eigenvalue weighted by Crippen LogP contribution is 2.44. The van der Waals surface area contributed by atoms with E-state index in [1.165, 1.54) is 63.2 Å². The first kappa shape index (κ1) is 23.4. The van der Waals surface area contributed by atoms with Crippen LogP contribution < -0.4 is 4.74 Å². The standard InChI is InChI=1S/C26H32F3NO/c27-26(28,29)31-25-17-15-24(16-18-25)23-13-11-22(12-14-23)21-9-7-20(8-10-21)6-4-2-1-3-5-19-30/h1-3,5,15-18,20-23H,4,6-14H2/b2-1+,5-3+. The van der Waals surface area contributed by atoms with E-state index in [0.717, 1.165) is 42.6 Å². The number of rotatable bonds is 7. The molecule has 2 saturated carbocycles. The van der Waals surface area contributed by atoms with Crippen LogP contribution in [-0.2, 0) is 0 Å². The summed E-state index contributed by atoms with van der Waals surface area (Å²) in [6.45, 7) is 0. The minimum Gasteiger partial charge on any atom is -0.406 e. The van der Waals surface area contributed by atoms with Gasteiger partial charge in [-0.2, -0.15) is 5.26 Å². The van der Waals surface area contributed by atoms with Crippen LogP contribution in [0, 0.1) is 29.1 Å². The van der Waals surface area contributed by atoms with Crippen molar-refractivity contribution in [3.05, 3.63) is 54.1 Å². The molecule has 2 fully saturated rings. The van der Waals surface area contributed by atoms with Gasteiger partial charge < -0.3 is 4.74 Å². The zero-order valence-corrected chi connectivity index (χ0v) is 18.0. The van der Waals surface area contributed by atoms with Crippen LogP contribution in [0.2, 0.25) is 0 Å². The van der Waals surface area contributed by atoms with Gasteiger partial charge in [0.1, 0.15) is 5.75 Å². The monoisotopic (exact) mass is 431 g/mol. The molecule has 0 aliphatic heterocycles. The van der Waals surface area contributed by atoms with Gasteiger partial charge in [0, 0.05) is 6.08 Å². The fraction of sp³-hybridized carbons (Fsp3) is 0.577. The van der Waals surface area contributed by atoms with Crippen molar-refractivity contribution < 1.29 is 17.9 Å². The van der Waals surface area contributed by atoms with Gasteiger partial charge >= 0.3 is 6.36 Å². The van der Waals surface area contributed by atoms with Crippen LogP contribution in [0.3, 0.4) is 0 Å². The molecule has 31 heavy (non-hydrogen) atoms. The number of hydrogen-bond donors (Lipinski definition) is 0. The Hall–Kier alpha value is -2.22. The number of alkyl halides is 3. The quantitative estimate of drug-likeness (QED) is 0.323. The molecule has 0 saturated heterocycles. The first-order valence-corrected chi connectivity index (χ1v) is 11.5. The molecule has 0 bridgehead atoms. The molecule has 3 rings (SSSR count). The summed E-state index contributed by atoms with van der Waals surface area (Å²) in [6.07, 6.45) is 15.1. The Labute approximate surface area is 183 Å². The maximum Gasteiger partial charge on any atom is 0.573 e. The molecule has 0 atom stereocenters. The summed E-state index contributed by atoms with van der Waals surface area (Å²) in [7, 11) is 0. The van der Waals surface area contributed by atoms with Gasteiger partial charge in [-0.05, 0) is 92.7 Å². The fourth-order valence-electron chi connectivity index (χ4n) is 5.42. The van der Waals surface area contributed by atoms with Gasteiger partial charge in [0.05, 0.1) is 6.07 Å². The van der Waals surface area contributed by atoms with E-state index in [-0.39, 0.29) is 5.75 Å². The molecule has 168 valence electrons. The maximum absolute atomic E-state index is 12.3. The molecular formula is C26H32F3NO. The van der Waals surface area contributed by atoms with E-state index in [9.17, 15) is 13.2 Å². The van der Waals surface area contributed by atoms with Crippen molar-refractivity contribution in [1.82, 2.24) is 0 Å². The lowest BCUT2D eigenvalue weighted by atomic mass is 9.68. The van der Waals surface area contributed by atoms with E-state index < -0.39 is 6.36 Å². The second kappa shape index (κ2) is 11.4. The van der Waals surface area contributed by atoms with Gasteiger partial charge in [-0.3, -0.25) is 0 Å². The molecule has 1 aromatic rings. The van der Waals surface area contributed by atoms with Gasteiger partial charge in [0.15, 0.2) is 0 Å². The fourth-order valence-corrected chi connectivity index (χ4v) is 5.42. The van der Waals surface area contributed by atoms with Gasteiger partial charge in [-0.15, -0.1) is 13.2 Å². The van der Waals surface area contributed by atoms with Gasteiger partial charge in [-0.25, -0.2) is 0 Å². The number of benzene rings is 1. The van der Waals surface area contributed by atoms with Crippen LogP contribution in [0.25, 0.3) is 0 Å². The lowest BCUT2D eigenvalue weighted by Gasteiger charge is -2.38. The predicted molar refractivity (Wildman–Crippen MR) is 116 cm³/mol. The second-order valence-corrected chi connectivity index (χ2v) is 9.00. The summed E-state index contributed by atoms with van der Waals surface area (Å²) in [4.78, 5) is 0. The lowest BCUT2D eigenvalue weighted by Crippen LogP contribution is -2.25. The molecule has 0 heterocycles. The van der Waals surface area contributed by atoms with E-state index in [2.05, 4.69) is 10.8 Å². The molecule has 0 N–H and O–H groups in total. The zero-order chi connectivity index (χ0) is 22.1. The Morgan fingerprint density at radius 2 is 1.52 bits per heavy atom. The molecule has 0 aromatic heterocycles. The number of allylic oxidation sites excluding steroid dienone is 4. The predicted octanol–water partition coefficient (Wildman–Crippen LogP) is 8.08. The minimum absolute atomic E-state index is 0.143. The molecule has 0 spiro atoms. The number of halogens is 3. The number of nitrogens with zero attached hydrogens (tertiary/aromatic N) is 1. The summed E-state index contributed by atoms with van der Waals surface area (Å²) in [5.74, 6) is 2.79. The molecule has 0 unspecified atom stereocenters. The van der Waals surface area contributed by atoms with Crippen molar-refractivity contribution in [1.29, 1.82) is 5.26 Å². The molecule has 2 aliphatic rings. The van der Waals surface area contributed by atoms with E-state index >= 15 is 0 Å². The third kappa shape index (κ3) is 7.76. The summed E-state index contributed by atoms with van der Waals surface area (Å²) in [5.41, 5.74) is 1.13. The molecule has 2 aliphatic carbocycles. The van der Waals surface area contributed by atoms with Gasteiger partial charge in [0.25, 0.3) is 0 Å². The average Bonchev–Trinajstić information content (AvgIpc) is 2.76. The van der Waals surface area contributed by atoms with E-state index in [0.29, 0.717) is 5.92 Å². The molecule has 0 amide bonds. The second-order valence-electron chi connectivity index (χ2n) is 9.00. The van der Waals surface area contributed by atoms with Crippen molar-refractivity contribution in [2.24, 2.45) is 17.8 Å². The first-order chi connectivity index (χ1) is 14.9. The number of nitriles is 1. The highest BCUT2D eigenvalue weighted by Gasteiger charge is 2.32. The van der Waals surface area contributed by atoms with E-state index in [4.69, 9.17) is 5.26 Å². The molecule has 5 heteroatoms. The van der Waals surface area contributed by atoms with Crippen LogP contribution in [0.15, 0.2) is 48.6 Å². The SMILES string of the molecule is N#C/C=C/C=C/CCC1CCC(C2CCC(c3ccc(OC(F)(F)F)cc3)CC2)CC1. The zero-order valence-electron chi connectivity index (χ0n) is 18.0. The van der Waals surface area contributed by atoms with Crippen LogP contribution in [0.4, 0.5) is 13.2 Å². The van der Waals surface area contributed by atoms with Crippen molar-refractivity contribution in [2.45, 2.75) is 76.5 Å². The third-order valence-corrected chi connectivity index (χ3v) is 7.07. The average molecular weight is 432 g/mol. The van der Waals surface area contributed by atoms with E-state index in [1.807, 2.05) is 12.1 Å². The Kier molecular flexibility index (Phi) is 8.63. The highest BCUT2D eigenvalue weighted by atomic mass is 19.4. The summed E-state index contributed by atoms with van der Waals surface area (Å²) in [5, 5.41) is 8.47. The van der Waals surface area contributed by atoms with E-state index in [1.54, 1.807) is 18.2 Å². The smallest absolute Gasteiger partial charge is 0.406 e. The van der Waals surface area contributed by atoms with Crippen molar-refractivity contribution in [3.8, 4) is 11.8 Å². The Bertz CT molecular complexity index is 759. The van der Waals surface area contributed by atoms with Crippen LogP contribution in [-0.4, -0.2) is 6.36 Å². The summed E-state index contributed by atoms with van der Waals surface area (Å²) >= 11 is 0. The van der Waals surface area contributed by atoms with Crippen molar-refractivity contribution >= 4 is 0 Å². The van der Waals surface area contributed by atoms with Crippen molar-refractivity contribution in [3.63, 3.8) is 0 Å². The Morgan fingerprint density at radius 1 is 0.903 bits per heavy atom. The molecule has 0 radical (unpaired) electrons. The lowest BCUT2D eigenvalue weighted by molar-refractivity contribution is -0.274. The van der Waals surface area contributed by atoms with Crippen LogP contribution >= 0.6 is 0 Å². The molecule has 2 nitrogen and oxygen atoms in total. The van der Waals surface area contributed by atoms with Crippen LogP contribution in [0.1, 0.15) is 75.7 Å². The Balaban J connectivity index is 1.37. The minimum atomic E-state index is -4.63. The van der Waals surface area contributed by atoms with Gasteiger partial charge in [0.2, 0.25) is 0 Å². The topological polar surface area (TPSA) is 33.0 Å². The molecule has 1 aromatic carbocycles. The summed E-state index contributed by atoms with van der Waals surface area (Å²) < 4.78 is 40.9. The largest absolute Gasteiger partial charge is 0.573 e. The van der Waals surface area contributed by atoms with Crippen molar-refractivity contribution in [2.75, 3.05) is 0 Å². The summed E-state index contributed by atoms with van der Waals surface area (Å²) in [6, 6.07) is 8.45. The normalized spacial score (nSPS) is 27.4. The first-order valence-electron chi connectivity index (χ1n) is 11.5. The van der Waals surface area contributed by atoms with Crippen LogP contribution in [0.5, 0.6) is 5.75 Å². The molecular weight excluding hydrogens is 399 g/mol. The maximum atomic E-state index is 12.3. The number of ether oxygens (including phenoxy) is 1. The van der Waals surface area contributed by atoms with Gasteiger partial charge in [-0.1, -0.05) is 43.2 Å². The number of hydrogen-bond acceptors (Lipinski definition) is 2. The third-order valence-electron chi connectivity index (χ3n) is 7.07. The highest BCUT2D eigenvalue weighted by molar-refractivity contribution is 5.30.